The van der Waals surface area contributed by atoms with E-state index >= 15 is 0 Å². The van der Waals surface area contributed by atoms with E-state index in [4.69, 9.17) is 4.74 Å². The van der Waals surface area contributed by atoms with Crippen molar-refractivity contribution in [2.75, 3.05) is 0 Å². The number of aliphatic hydroxyl groups is 6. The fraction of sp³-hybridized carbons (Fsp3) is 0.929. The number of aliphatic hydroxyl groups excluding tert-OH is 2. The van der Waals surface area contributed by atoms with Gasteiger partial charge >= 0.3 is 37.1 Å². The van der Waals surface area contributed by atoms with Crippen LogP contribution in [0.1, 0.15) is 59.3 Å². The van der Waals surface area contributed by atoms with Crippen molar-refractivity contribution < 1.29 is 114 Å². The highest BCUT2D eigenvalue weighted by atomic mass is 19.4. The van der Waals surface area contributed by atoms with E-state index in [0.717, 1.165) is 0 Å². The van der Waals surface area contributed by atoms with Crippen LogP contribution in [0.2, 0.25) is 0 Å². The first-order chi connectivity index (χ1) is 23.0. The summed E-state index contributed by atoms with van der Waals surface area (Å²) < 4.78 is 239. The molecule has 0 aromatic heterocycles. The Hall–Kier alpha value is -1.80. The molecule has 2 fully saturated rings. The Balaban J connectivity index is 0.000000540. The van der Waals surface area contributed by atoms with Crippen LogP contribution in [0.25, 0.3) is 0 Å². The lowest BCUT2D eigenvalue weighted by atomic mass is 9.66. The third-order valence-electron chi connectivity index (χ3n) is 9.74. The molecule has 2 rings (SSSR count). The summed E-state index contributed by atoms with van der Waals surface area (Å²) in [5.74, 6) is -9.94. The summed E-state index contributed by atoms with van der Waals surface area (Å²) in [6.07, 6.45) is -48.2. The lowest BCUT2D eigenvalue weighted by molar-refractivity contribution is -0.392. The lowest BCUT2D eigenvalue weighted by Gasteiger charge is -2.47. The minimum absolute atomic E-state index is 0.104. The molecule has 0 amide bonds. The Bertz CT molecular complexity index is 1210. The first-order valence-electron chi connectivity index (χ1n) is 15.0. The van der Waals surface area contributed by atoms with Crippen molar-refractivity contribution in [3.8, 4) is 0 Å². The standard InChI is InChI=1S/C16H21F9O4.C12H15F9O3/c1-7(2)11(26)29-10-5-8(12(3,27)14(17,18)19)4-9(6-10)13(28,15(20,21)22)16(23,24)25;1-8(23,10(13,14)15)5-2-6(4-7(22)3-5)9(24,11(16,17)18)12(19,20)21/h8-11,26-28H,1,4-6H2,2-3H3;5-7,22-24H,2-4H2,1H3. The molecular formula is C28H36F18O7. The monoisotopic (exact) mass is 826 g/mol. The van der Waals surface area contributed by atoms with Gasteiger partial charge in [0.1, 0.15) is 0 Å². The van der Waals surface area contributed by atoms with Crippen LogP contribution in [0.15, 0.2) is 12.2 Å². The quantitative estimate of drug-likeness (QED) is 0.0949. The van der Waals surface area contributed by atoms with E-state index in [1.54, 1.807) is 0 Å². The van der Waals surface area contributed by atoms with Crippen molar-refractivity contribution in [2.24, 2.45) is 23.7 Å². The summed E-state index contributed by atoms with van der Waals surface area (Å²) in [7, 11) is 0. The zero-order valence-electron chi connectivity index (χ0n) is 27.4. The molecule has 0 heterocycles. The van der Waals surface area contributed by atoms with Crippen molar-refractivity contribution in [2.45, 2.75) is 137 Å². The third kappa shape index (κ3) is 9.96. The van der Waals surface area contributed by atoms with Gasteiger partial charge < -0.3 is 35.4 Å². The molecule has 0 saturated heterocycles. The lowest BCUT2D eigenvalue weighted by Crippen LogP contribution is -2.64. The topological polar surface area (TPSA) is 131 Å². The van der Waals surface area contributed by atoms with E-state index in [2.05, 4.69) is 6.58 Å². The van der Waals surface area contributed by atoms with Crippen molar-refractivity contribution in [3.63, 3.8) is 0 Å². The molecule has 9 atom stereocenters. The SMILES string of the molecule is C=C(C)C(O)OC1CC(C(C)(O)C(F)(F)F)CC(C(O)(C(F)(F)F)C(F)(F)F)C1.CC(O)(C1CC(O)CC(C(O)(C(F)(F)F)C(F)(F)F)C1)C(F)(F)F. The maximum absolute atomic E-state index is 13.2. The van der Waals surface area contributed by atoms with Gasteiger partial charge in [-0.25, -0.2) is 0 Å². The highest BCUT2D eigenvalue weighted by Crippen LogP contribution is 2.56. The van der Waals surface area contributed by atoms with E-state index in [1.165, 1.54) is 6.92 Å². The molecule has 2 saturated carbocycles. The summed E-state index contributed by atoms with van der Waals surface area (Å²) in [5.41, 5.74) is -18.0. The van der Waals surface area contributed by atoms with Gasteiger partial charge in [-0.05, 0) is 76.7 Å². The van der Waals surface area contributed by atoms with Crippen LogP contribution < -0.4 is 0 Å². The van der Waals surface area contributed by atoms with E-state index in [1.807, 2.05) is 0 Å². The van der Waals surface area contributed by atoms with Crippen molar-refractivity contribution in [3.05, 3.63) is 12.2 Å². The molecule has 0 spiro atoms. The minimum atomic E-state index is -6.26. The molecule has 0 aliphatic heterocycles. The van der Waals surface area contributed by atoms with Gasteiger partial charge in [-0.15, -0.1) is 0 Å². The van der Waals surface area contributed by atoms with Crippen LogP contribution in [0, 0.1) is 23.7 Å². The summed E-state index contributed by atoms with van der Waals surface area (Å²) in [5, 5.41) is 57.3. The average Bonchev–Trinajstić information content (AvgIpc) is 2.92. The smallest absolute Gasteiger partial charge is 0.393 e. The van der Waals surface area contributed by atoms with Gasteiger partial charge in [-0.1, -0.05) is 6.58 Å². The summed E-state index contributed by atoms with van der Waals surface area (Å²) in [6, 6.07) is 0. The molecule has 7 nitrogen and oxygen atoms in total. The van der Waals surface area contributed by atoms with Gasteiger partial charge in [0.15, 0.2) is 17.5 Å². The maximum atomic E-state index is 13.2. The largest absolute Gasteiger partial charge is 0.426 e. The first-order valence-corrected chi connectivity index (χ1v) is 15.0. The van der Waals surface area contributed by atoms with Gasteiger partial charge in [0.05, 0.1) is 12.2 Å². The maximum Gasteiger partial charge on any atom is 0.426 e. The fourth-order valence-electron chi connectivity index (χ4n) is 6.28. The summed E-state index contributed by atoms with van der Waals surface area (Å²) >= 11 is 0. The fourth-order valence-corrected chi connectivity index (χ4v) is 6.28. The Morgan fingerprint density at radius 1 is 0.509 bits per heavy atom. The Kier molecular flexibility index (Phi) is 14.2. The molecular weight excluding hydrogens is 790 g/mol. The second-order valence-electron chi connectivity index (χ2n) is 13.6. The van der Waals surface area contributed by atoms with Crippen LogP contribution in [0.3, 0.4) is 0 Å². The van der Waals surface area contributed by atoms with E-state index in [0.29, 0.717) is 0 Å². The summed E-state index contributed by atoms with van der Waals surface area (Å²) in [4.78, 5) is 0. The van der Waals surface area contributed by atoms with E-state index in [-0.39, 0.29) is 19.4 Å². The van der Waals surface area contributed by atoms with Crippen molar-refractivity contribution in [1.82, 2.24) is 0 Å². The molecule has 6 N–H and O–H groups in total. The third-order valence-corrected chi connectivity index (χ3v) is 9.74. The predicted octanol–water partition coefficient (Wildman–Crippen LogP) is 6.78. The molecule has 9 unspecified atom stereocenters. The van der Waals surface area contributed by atoms with Crippen LogP contribution in [0.4, 0.5) is 79.0 Å². The number of hydrogen-bond donors (Lipinski definition) is 6. The number of hydrogen-bond acceptors (Lipinski definition) is 7. The van der Waals surface area contributed by atoms with E-state index < -0.39 is 140 Å². The summed E-state index contributed by atoms with van der Waals surface area (Å²) in [6.45, 7) is 4.88. The van der Waals surface area contributed by atoms with E-state index in [9.17, 15) is 110 Å². The molecule has 53 heavy (non-hydrogen) atoms. The highest BCUT2D eigenvalue weighted by molar-refractivity contribution is 5.07. The molecule has 0 bridgehead atoms. The van der Waals surface area contributed by atoms with Gasteiger partial charge in [0, 0.05) is 11.8 Å². The normalized spacial score (nSPS) is 29.0. The molecule has 2 aliphatic rings. The number of alkyl halides is 18. The highest BCUT2D eigenvalue weighted by Gasteiger charge is 2.76. The van der Waals surface area contributed by atoms with Crippen LogP contribution in [-0.4, -0.2) is 109 Å². The predicted molar refractivity (Wildman–Crippen MR) is 141 cm³/mol. The first kappa shape index (κ1) is 49.2. The van der Waals surface area contributed by atoms with Crippen molar-refractivity contribution >= 4 is 0 Å². The van der Waals surface area contributed by atoms with Crippen LogP contribution in [-0.2, 0) is 4.74 Å². The van der Waals surface area contributed by atoms with Gasteiger partial charge in [0.25, 0.3) is 11.2 Å². The Labute approximate surface area is 288 Å². The minimum Gasteiger partial charge on any atom is -0.393 e. The Morgan fingerprint density at radius 2 is 0.774 bits per heavy atom. The molecule has 0 aromatic carbocycles. The molecule has 0 aromatic rings. The van der Waals surface area contributed by atoms with Gasteiger partial charge in [-0.3, -0.25) is 0 Å². The zero-order valence-corrected chi connectivity index (χ0v) is 27.4. The molecule has 2 aliphatic carbocycles. The van der Waals surface area contributed by atoms with Gasteiger partial charge in [0.2, 0.25) is 0 Å². The van der Waals surface area contributed by atoms with Crippen LogP contribution in [0.5, 0.6) is 0 Å². The average molecular weight is 827 g/mol. The Morgan fingerprint density at radius 3 is 1.06 bits per heavy atom. The number of ether oxygens (including phenoxy) is 1. The number of rotatable bonds is 7. The molecule has 25 heteroatoms. The van der Waals surface area contributed by atoms with Crippen LogP contribution >= 0.6 is 0 Å². The molecule has 316 valence electrons. The van der Waals surface area contributed by atoms with Gasteiger partial charge in [-0.2, -0.15) is 79.0 Å². The van der Waals surface area contributed by atoms with Crippen molar-refractivity contribution in [1.29, 1.82) is 0 Å². The zero-order chi connectivity index (χ0) is 42.6. The second-order valence-corrected chi connectivity index (χ2v) is 13.6. The number of halogens is 18. The molecule has 0 radical (unpaired) electrons. The second kappa shape index (κ2) is 15.3.